The van der Waals surface area contributed by atoms with Gasteiger partial charge in [0.1, 0.15) is 0 Å². The number of rotatable bonds is 3. The molecule has 0 unspecified atom stereocenters. The zero-order chi connectivity index (χ0) is 14.0. The summed E-state index contributed by atoms with van der Waals surface area (Å²) in [5.74, 6) is 0. The van der Waals surface area contributed by atoms with Crippen molar-refractivity contribution < 1.29 is 13.2 Å². The van der Waals surface area contributed by atoms with E-state index in [1.54, 1.807) is 24.0 Å². The summed E-state index contributed by atoms with van der Waals surface area (Å²) in [7, 11) is 1.76. The van der Waals surface area contributed by atoms with E-state index >= 15 is 0 Å². The molecule has 0 radical (unpaired) electrons. The van der Waals surface area contributed by atoms with Crippen LogP contribution in [0.15, 0.2) is 30.5 Å². The molecular formula is C12H11ClF3N3. The molecule has 0 fully saturated rings. The molecule has 3 nitrogen and oxygen atoms in total. The van der Waals surface area contributed by atoms with Gasteiger partial charge < -0.3 is 5.32 Å². The highest BCUT2D eigenvalue weighted by molar-refractivity contribution is 6.33. The summed E-state index contributed by atoms with van der Waals surface area (Å²) in [4.78, 5) is 0. The monoisotopic (exact) mass is 289 g/mol. The molecule has 102 valence electrons. The normalized spacial score (nSPS) is 11.6. The van der Waals surface area contributed by atoms with Crippen molar-refractivity contribution in [3.8, 4) is 0 Å². The molecule has 0 saturated heterocycles. The molecule has 1 heterocycles. The maximum absolute atomic E-state index is 12.6. The summed E-state index contributed by atoms with van der Waals surface area (Å²) in [5, 5.41) is 7.20. The Hall–Kier alpha value is -1.69. The first-order valence-corrected chi connectivity index (χ1v) is 5.83. The fraction of sp³-hybridized carbons (Fsp3) is 0.250. The topological polar surface area (TPSA) is 29.9 Å². The molecule has 0 aliphatic rings. The van der Waals surface area contributed by atoms with Gasteiger partial charge in [0.05, 0.1) is 28.5 Å². The van der Waals surface area contributed by atoms with Crippen LogP contribution < -0.4 is 5.32 Å². The average molecular weight is 290 g/mol. The maximum Gasteiger partial charge on any atom is 0.416 e. The Morgan fingerprint density at radius 3 is 2.63 bits per heavy atom. The van der Waals surface area contributed by atoms with Gasteiger partial charge in [-0.3, -0.25) is 4.68 Å². The minimum atomic E-state index is -4.38. The number of alkyl halides is 3. The first kappa shape index (κ1) is 13.7. The van der Waals surface area contributed by atoms with E-state index in [1.807, 2.05) is 0 Å². The van der Waals surface area contributed by atoms with Crippen molar-refractivity contribution in [2.75, 3.05) is 5.32 Å². The van der Waals surface area contributed by atoms with Crippen molar-refractivity contribution in [2.24, 2.45) is 7.05 Å². The lowest BCUT2D eigenvalue weighted by Crippen LogP contribution is -2.07. The zero-order valence-corrected chi connectivity index (χ0v) is 10.8. The average Bonchev–Trinajstić information content (AvgIpc) is 2.72. The third-order valence-corrected chi connectivity index (χ3v) is 2.85. The van der Waals surface area contributed by atoms with Gasteiger partial charge in [-0.05, 0) is 24.3 Å². The Labute approximate surface area is 113 Å². The van der Waals surface area contributed by atoms with E-state index in [1.165, 1.54) is 6.07 Å². The van der Waals surface area contributed by atoms with Gasteiger partial charge in [-0.15, -0.1) is 0 Å². The summed E-state index contributed by atoms with van der Waals surface area (Å²) in [6.45, 7) is 0.307. The molecule has 1 aromatic carbocycles. The van der Waals surface area contributed by atoms with Crippen LogP contribution in [-0.2, 0) is 19.8 Å². The highest BCUT2D eigenvalue weighted by Crippen LogP contribution is 2.33. The van der Waals surface area contributed by atoms with Gasteiger partial charge in [0, 0.05) is 13.2 Å². The van der Waals surface area contributed by atoms with Crippen LogP contribution in [0, 0.1) is 0 Å². The molecular weight excluding hydrogens is 279 g/mol. The quantitative estimate of drug-likeness (QED) is 0.933. The largest absolute Gasteiger partial charge is 0.416 e. The lowest BCUT2D eigenvalue weighted by atomic mass is 10.2. The zero-order valence-electron chi connectivity index (χ0n) is 10.0. The van der Waals surface area contributed by atoms with Gasteiger partial charge in [0.15, 0.2) is 0 Å². The summed E-state index contributed by atoms with van der Waals surface area (Å²) in [5.41, 5.74) is 0.221. The predicted octanol–water partition coefficient (Wildman–Crippen LogP) is 3.70. The van der Waals surface area contributed by atoms with E-state index < -0.39 is 11.7 Å². The minimum absolute atomic E-state index is 0.238. The van der Waals surface area contributed by atoms with Gasteiger partial charge in [0.25, 0.3) is 0 Å². The van der Waals surface area contributed by atoms with E-state index in [2.05, 4.69) is 10.4 Å². The van der Waals surface area contributed by atoms with Crippen molar-refractivity contribution in [2.45, 2.75) is 12.7 Å². The van der Waals surface area contributed by atoms with Crippen molar-refractivity contribution in [3.63, 3.8) is 0 Å². The van der Waals surface area contributed by atoms with E-state index in [0.717, 1.165) is 17.8 Å². The van der Waals surface area contributed by atoms with Crippen LogP contribution in [0.5, 0.6) is 0 Å². The number of aromatic nitrogens is 2. The Morgan fingerprint density at radius 2 is 2.05 bits per heavy atom. The molecule has 1 N–H and O–H groups in total. The van der Waals surface area contributed by atoms with Crippen LogP contribution in [0.2, 0.25) is 5.02 Å². The first-order valence-electron chi connectivity index (χ1n) is 5.45. The molecule has 0 spiro atoms. The molecule has 1 aromatic heterocycles. The Morgan fingerprint density at radius 1 is 1.32 bits per heavy atom. The fourth-order valence-corrected chi connectivity index (χ4v) is 1.76. The summed E-state index contributed by atoms with van der Waals surface area (Å²) in [6.07, 6.45) is -2.63. The number of halogens is 4. The van der Waals surface area contributed by atoms with Crippen LogP contribution >= 0.6 is 11.6 Å². The van der Waals surface area contributed by atoms with Gasteiger partial charge in [-0.25, -0.2) is 0 Å². The van der Waals surface area contributed by atoms with Crippen LogP contribution in [-0.4, -0.2) is 9.78 Å². The molecule has 0 saturated carbocycles. The Balaban J connectivity index is 2.15. The highest BCUT2D eigenvalue weighted by Gasteiger charge is 2.30. The summed E-state index contributed by atoms with van der Waals surface area (Å²) in [6, 6.07) is 4.94. The lowest BCUT2D eigenvalue weighted by Gasteiger charge is -2.11. The maximum atomic E-state index is 12.6. The number of aryl methyl sites for hydroxylation is 1. The van der Waals surface area contributed by atoms with Crippen molar-refractivity contribution in [1.29, 1.82) is 0 Å². The highest BCUT2D eigenvalue weighted by atomic mass is 35.5. The Kier molecular flexibility index (Phi) is 3.71. The minimum Gasteiger partial charge on any atom is -0.378 e. The standard InChI is InChI=1S/C12H11ClF3N3/c1-19-5-4-9(18-19)7-17-11-6-8(12(14,15)16)2-3-10(11)13/h2-6,17H,7H2,1H3. The van der Waals surface area contributed by atoms with E-state index in [-0.39, 0.29) is 10.7 Å². The molecule has 0 amide bonds. The van der Waals surface area contributed by atoms with Crippen LogP contribution in [0.1, 0.15) is 11.3 Å². The fourth-order valence-electron chi connectivity index (χ4n) is 1.58. The van der Waals surface area contributed by atoms with E-state index in [9.17, 15) is 13.2 Å². The van der Waals surface area contributed by atoms with Crippen LogP contribution in [0.25, 0.3) is 0 Å². The smallest absolute Gasteiger partial charge is 0.378 e. The third kappa shape index (κ3) is 3.41. The molecule has 0 atom stereocenters. The van der Waals surface area contributed by atoms with E-state index in [4.69, 9.17) is 11.6 Å². The summed E-state index contributed by atoms with van der Waals surface area (Å²) >= 11 is 5.86. The van der Waals surface area contributed by atoms with Crippen LogP contribution in [0.3, 0.4) is 0 Å². The number of benzene rings is 1. The van der Waals surface area contributed by atoms with Gasteiger partial charge in [0.2, 0.25) is 0 Å². The molecule has 2 rings (SSSR count). The second-order valence-electron chi connectivity index (χ2n) is 4.03. The van der Waals surface area contributed by atoms with Crippen molar-refractivity contribution >= 4 is 17.3 Å². The lowest BCUT2D eigenvalue weighted by molar-refractivity contribution is -0.137. The summed E-state index contributed by atoms with van der Waals surface area (Å²) < 4.78 is 39.4. The predicted molar refractivity (Wildman–Crippen MR) is 67.0 cm³/mol. The molecule has 0 aliphatic heterocycles. The van der Waals surface area contributed by atoms with E-state index in [0.29, 0.717) is 6.54 Å². The van der Waals surface area contributed by atoms with Crippen LogP contribution in [0.4, 0.5) is 18.9 Å². The second-order valence-corrected chi connectivity index (χ2v) is 4.43. The van der Waals surface area contributed by atoms with Crippen molar-refractivity contribution in [3.05, 3.63) is 46.7 Å². The second kappa shape index (κ2) is 5.13. The number of hydrogen-bond acceptors (Lipinski definition) is 2. The van der Waals surface area contributed by atoms with Gasteiger partial charge in [-0.2, -0.15) is 18.3 Å². The van der Waals surface area contributed by atoms with Gasteiger partial charge in [-0.1, -0.05) is 11.6 Å². The Bertz CT molecular complexity index is 578. The van der Waals surface area contributed by atoms with Crippen molar-refractivity contribution in [1.82, 2.24) is 9.78 Å². The molecule has 2 aromatic rings. The number of hydrogen-bond donors (Lipinski definition) is 1. The SMILES string of the molecule is Cn1ccc(CNc2cc(C(F)(F)F)ccc2Cl)n1. The number of nitrogens with one attached hydrogen (secondary N) is 1. The molecule has 7 heteroatoms. The number of nitrogens with zero attached hydrogens (tertiary/aromatic N) is 2. The molecule has 0 aliphatic carbocycles. The molecule has 0 bridgehead atoms. The molecule has 19 heavy (non-hydrogen) atoms. The first-order chi connectivity index (χ1) is 8.86. The number of anilines is 1. The van der Waals surface area contributed by atoms with Gasteiger partial charge >= 0.3 is 6.18 Å². The third-order valence-electron chi connectivity index (χ3n) is 2.52.